The van der Waals surface area contributed by atoms with Crippen LogP contribution in [0.1, 0.15) is 189 Å². The second kappa shape index (κ2) is 22.4. The van der Waals surface area contributed by atoms with Gasteiger partial charge in [0.2, 0.25) is 0 Å². The van der Waals surface area contributed by atoms with E-state index in [1.54, 1.807) is 5.57 Å². The fourth-order valence-electron chi connectivity index (χ4n) is 10.9. The van der Waals surface area contributed by atoms with E-state index in [-0.39, 0.29) is 0 Å². The van der Waals surface area contributed by atoms with Gasteiger partial charge in [0, 0.05) is 33.0 Å². The summed E-state index contributed by atoms with van der Waals surface area (Å²) < 4.78 is 18.1. The predicted octanol–water partition coefficient (Wildman–Crippen LogP) is 13.5. The second-order valence-electron chi connectivity index (χ2n) is 17.9. The monoisotopic (exact) mass is 683 g/mol. The summed E-state index contributed by atoms with van der Waals surface area (Å²) in [7, 11) is 0. The molecule has 0 spiro atoms. The molecule has 0 aliphatic heterocycles. The van der Waals surface area contributed by atoms with Gasteiger partial charge in [0.15, 0.2) is 0 Å². The van der Waals surface area contributed by atoms with Crippen molar-refractivity contribution in [2.24, 2.45) is 40.4 Å². The van der Waals surface area contributed by atoms with Crippen molar-refractivity contribution < 1.29 is 14.2 Å². The van der Waals surface area contributed by atoms with Crippen LogP contribution >= 0.6 is 0 Å². The highest BCUT2D eigenvalue weighted by atomic mass is 16.5. The van der Waals surface area contributed by atoms with E-state index in [2.05, 4.69) is 52.8 Å². The third-order valence-corrected chi connectivity index (χ3v) is 14.0. The Labute approximate surface area is 305 Å². The van der Waals surface area contributed by atoms with E-state index >= 15 is 0 Å². The van der Waals surface area contributed by atoms with Crippen LogP contribution in [0.4, 0.5) is 0 Å². The molecule has 2 unspecified atom stereocenters. The third kappa shape index (κ3) is 12.8. The highest BCUT2D eigenvalue weighted by molar-refractivity contribution is 5.25. The Balaban J connectivity index is 0.996. The standard InChI is InChI=1S/C46H82O3/c1-6-7-8-9-10-11-13-18-32-47-34-21-35-48-33-19-14-12-15-20-36-49-41-28-30-46(5)40(37-41)24-26-42-43-27-25-39(23-17-16-22-38(2)3)45(43,4)31-29-44(42)46/h10-11,24,38-39,41-44H,6-9,12-23,25-37H2,1-5H3/b11-10-/t39-,41-,42-,43?,44?,45+,46-/m0/s1. The van der Waals surface area contributed by atoms with Crippen molar-refractivity contribution in [2.45, 2.75) is 195 Å². The van der Waals surface area contributed by atoms with Gasteiger partial charge in [0.1, 0.15) is 0 Å². The molecule has 0 N–H and O–H groups in total. The number of hydrogen-bond acceptors (Lipinski definition) is 3. The summed E-state index contributed by atoms with van der Waals surface area (Å²) in [6.45, 7) is 16.8. The topological polar surface area (TPSA) is 27.7 Å². The van der Waals surface area contributed by atoms with Gasteiger partial charge >= 0.3 is 0 Å². The fourth-order valence-corrected chi connectivity index (χ4v) is 10.9. The molecule has 0 radical (unpaired) electrons. The SMILES string of the molecule is CCCCC/C=C\CCCOCCCOCCCCCCCO[C@H]1CC[C@@]2(C)C(=CC[C@@H]3C2CC[C@@]2(C)C3CC[C@@H]2CCCCC(C)C)C1. The van der Waals surface area contributed by atoms with Crippen molar-refractivity contribution in [3.05, 3.63) is 23.8 Å². The van der Waals surface area contributed by atoms with Gasteiger partial charge in [-0.15, -0.1) is 0 Å². The van der Waals surface area contributed by atoms with Gasteiger partial charge in [-0.05, 0) is 143 Å². The van der Waals surface area contributed by atoms with Crippen LogP contribution in [-0.4, -0.2) is 39.1 Å². The first-order chi connectivity index (χ1) is 23.9. The Morgan fingerprint density at radius 2 is 1.43 bits per heavy atom. The first-order valence-electron chi connectivity index (χ1n) is 22.0. The molecule has 0 aromatic carbocycles. The van der Waals surface area contributed by atoms with Crippen molar-refractivity contribution in [2.75, 3.05) is 33.0 Å². The molecule has 0 saturated heterocycles. The van der Waals surface area contributed by atoms with Crippen molar-refractivity contribution in [1.82, 2.24) is 0 Å². The Morgan fingerprint density at radius 3 is 2.20 bits per heavy atom. The summed E-state index contributed by atoms with van der Waals surface area (Å²) in [6, 6.07) is 0. The molecule has 49 heavy (non-hydrogen) atoms. The second-order valence-corrected chi connectivity index (χ2v) is 17.9. The molecule has 0 heterocycles. The zero-order chi connectivity index (χ0) is 34.8. The van der Waals surface area contributed by atoms with Gasteiger partial charge < -0.3 is 14.2 Å². The molecule has 3 saturated carbocycles. The van der Waals surface area contributed by atoms with E-state index in [0.717, 1.165) is 81.9 Å². The van der Waals surface area contributed by atoms with E-state index < -0.39 is 0 Å². The molecule has 3 nitrogen and oxygen atoms in total. The lowest BCUT2D eigenvalue weighted by molar-refractivity contribution is -0.0589. The molecule has 7 atom stereocenters. The highest BCUT2D eigenvalue weighted by Gasteiger charge is 2.58. The number of allylic oxidation sites excluding steroid dienone is 3. The lowest BCUT2D eigenvalue weighted by Gasteiger charge is -2.58. The van der Waals surface area contributed by atoms with Gasteiger partial charge in [0.25, 0.3) is 0 Å². The summed E-state index contributed by atoms with van der Waals surface area (Å²) in [6.07, 6.45) is 39.7. The highest BCUT2D eigenvalue weighted by Crippen LogP contribution is 2.66. The van der Waals surface area contributed by atoms with E-state index in [9.17, 15) is 0 Å². The number of unbranched alkanes of at least 4 members (excludes halogenated alkanes) is 9. The number of fused-ring (bicyclic) bond motifs is 5. The Kier molecular flexibility index (Phi) is 18.8. The lowest BCUT2D eigenvalue weighted by Crippen LogP contribution is -2.50. The maximum atomic E-state index is 6.53. The Morgan fingerprint density at radius 1 is 0.714 bits per heavy atom. The predicted molar refractivity (Wildman–Crippen MR) is 210 cm³/mol. The number of hydrogen-bond donors (Lipinski definition) is 0. The first kappa shape index (κ1) is 41.1. The zero-order valence-corrected chi connectivity index (χ0v) is 33.4. The van der Waals surface area contributed by atoms with Crippen molar-refractivity contribution >= 4 is 0 Å². The van der Waals surface area contributed by atoms with Gasteiger partial charge in [-0.25, -0.2) is 0 Å². The van der Waals surface area contributed by atoms with Gasteiger partial charge in [0.05, 0.1) is 6.10 Å². The summed E-state index contributed by atoms with van der Waals surface area (Å²) in [5.41, 5.74) is 2.84. The summed E-state index contributed by atoms with van der Waals surface area (Å²) in [5, 5.41) is 0. The van der Waals surface area contributed by atoms with E-state index in [1.807, 2.05) is 0 Å². The van der Waals surface area contributed by atoms with Crippen LogP contribution in [0.15, 0.2) is 23.8 Å². The van der Waals surface area contributed by atoms with Crippen molar-refractivity contribution in [3.63, 3.8) is 0 Å². The molecule has 4 aliphatic rings. The summed E-state index contributed by atoms with van der Waals surface area (Å²) >= 11 is 0. The minimum atomic E-state index is 0.444. The van der Waals surface area contributed by atoms with Gasteiger partial charge in [-0.1, -0.05) is 110 Å². The summed E-state index contributed by atoms with van der Waals surface area (Å²) in [4.78, 5) is 0. The first-order valence-corrected chi connectivity index (χ1v) is 22.0. The molecule has 0 aromatic rings. The average Bonchev–Trinajstić information content (AvgIpc) is 3.43. The van der Waals surface area contributed by atoms with Crippen LogP contribution in [0.5, 0.6) is 0 Å². The lowest BCUT2D eigenvalue weighted by atomic mass is 9.47. The normalized spacial score (nSPS) is 31.2. The molecular weight excluding hydrogens is 601 g/mol. The van der Waals surface area contributed by atoms with Crippen LogP contribution in [0, 0.1) is 40.4 Å². The quantitative estimate of drug-likeness (QED) is 0.0671. The van der Waals surface area contributed by atoms with Crippen LogP contribution in [0.2, 0.25) is 0 Å². The smallest absolute Gasteiger partial charge is 0.0612 e. The molecule has 0 aromatic heterocycles. The van der Waals surface area contributed by atoms with Crippen molar-refractivity contribution in [1.29, 1.82) is 0 Å². The van der Waals surface area contributed by atoms with Crippen molar-refractivity contribution in [3.8, 4) is 0 Å². The van der Waals surface area contributed by atoms with Crippen LogP contribution in [0.3, 0.4) is 0 Å². The maximum absolute atomic E-state index is 6.53. The molecule has 0 amide bonds. The third-order valence-electron chi connectivity index (χ3n) is 14.0. The zero-order valence-electron chi connectivity index (χ0n) is 33.4. The minimum absolute atomic E-state index is 0.444. The number of rotatable bonds is 26. The Hall–Kier alpha value is -0.640. The average molecular weight is 683 g/mol. The molecule has 4 aliphatic carbocycles. The van der Waals surface area contributed by atoms with Gasteiger partial charge in [-0.3, -0.25) is 0 Å². The van der Waals surface area contributed by atoms with E-state index in [4.69, 9.17) is 14.2 Å². The molecule has 0 bridgehead atoms. The maximum Gasteiger partial charge on any atom is 0.0612 e. The molecule has 3 fully saturated rings. The van der Waals surface area contributed by atoms with E-state index in [1.165, 1.54) is 135 Å². The largest absolute Gasteiger partial charge is 0.381 e. The molecule has 4 rings (SSSR count). The minimum Gasteiger partial charge on any atom is -0.381 e. The van der Waals surface area contributed by atoms with Crippen LogP contribution < -0.4 is 0 Å². The Bertz CT molecular complexity index is 939. The molecule has 284 valence electrons. The van der Waals surface area contributed by atoms with Crippen LogP contribution in [0.25, 0.3) is 0 Å². The van der Waals surface area contributed by atoms with Gasteiger partial charge in [-0.2, -0.15) is 0 Å². The van der Waals surface area contributed by atoms with E-state index in [0.29, 0.717) is 16.9 Å². The number of ether oxygens (including phenoxy) is 3. The summed E-state index contributed by atoms with van der Waals surface area (Å²) in [5.74, 6) is 4.69. The van der Waals surface area contributed by atoms with Crippen LogP contribution in [-0.2, 0) is 14.2 Å². The molecule has 3 heteroatoms. The fraction of sp³-hybridized carbons (Fsp3) is 0.913. The molecular formula is C46H82O3.